The lowest BCUT2D eigenvalue weighted by molar-refractivity contribution is -0.125. The van der Waals surface area contributed by atoms with Crippen LogP contribution in [0.4, 0.5) is 0 Å². The Morgan fingerprint density at radius 2 is 1.78 bits per heavy atom. The van der Waals surface area contributed by atoms with Crippen molar-refractivity contribution in [3.63, 3.8) is 0 Å². The summed E-state index contributed by atoms with van der Waals surface area (Å²) < 4.78 is 0. The zero-order chi connectivity index (χ0) is 13.4. The Labute approximate surface area is 107 Å². The van der Waals surface area contributed by atoms with E-state index in [1.165, 1.54) is 0 Å². The lowest BCUT2D eigenvalue weighted by Gasteiger charge is -2.08. The topological polar surface area (TPSA) is 84.2 Å². The maximum atomic E-state index is 11.7. The molecule has 0 fully saturated rings. The van der Waals surface area contributed by atoms with Crippen LogP contribution in [0.1, 0.15) is 18.1 Å². The third-order valence-electron chi connectivity index (χ3n) is 2.51. The van der Waals surface area contributed by atoms with Crippen molar-refractivity contribution >= 4 is 11.8 Å². The number of amides is 2. The average molecular weight is 249 g/mol. The normalized spacial score (nSPS) is 9.89. The van der Waals surface area contributed by atoms with Crippen LogP contribution in [0.2, 0.25) is 0 Å². The van der Waals surface area contributed by atoms with Gasteiger partial charge in [-0.2, -0.15) is 0 Å². The molecule has 2 amide bonds. The van der Waals surface area contributed by atoms with Crippen LogP contribution >= 0.6 is 0 Å². The van der Waals surface area contributed by atoms with E-state index in [0.29, 0.717) is 13.1 Å². The molecule has 1 rings (SSSR count). The molecule has 0 atom stereocenters. The van der Waals surface area contributed by atoms with Gasteiger partial charge in [-0.05, 0) is 18.1 Å². The fraction of sp³-hybridized carbons (Fsp3) is 0.385. The first-order chi connectivity index (χ1) is 8.67. The predicted molar refractivity (Wildman–Crippen MR) is 69.7 cm³/mol. The molecular formula is C13H19N3O2. The molecule has 0 bridgehead atoms. The van der Waals surface area contributed by atoms with Crippen LogP contribution in [0.25, 0.3) is 0 Å². The summed E-state index contributed by atoms with van der Waals surface area (Å²) in [6, 6.07) is 7.52. The summed E-state index contributed by atoms with van der Waals surface area (Å²) in [5, 5.41) is 5.19. The molecule has 0 radical (unpaired) electrons. The second-order valence-electron chi connectivity index (χ2n) is 3.88. The molecule has 0 aromatic heterocycles. The average Bonchev–Trinajstić information content (AvgIpc) is 2.37. The second kappa shape index (κ2) is 7.45. The summed E-state index contributed by atoms with van der Waals surface area (Å²) in [4.78, 5) is 22.8. The third kappa shape index (κ3) is 4.55. The SMILES string of the molecule is CCNC(=O)CNC(=O)Cc1ccccc1CN. The maximum absolute atomic E-state index is 11.7. The highest BCUT2D eigenvalue weighted by Gasteiger charge is 2.08. The van der Waals surface area contributed by atoms with Gasteiger partial charge < -0.3 is 16.4 Å². The van der Waals surface area contributed by atoms with Gasteiger partial charge in [0.2, 0.25) is 11.8 Å². The molecule has 0 aliphatic rings. The molecule has 0 aliphatic carbocycles. The van der Waals surface area contributed by atoms with Gasteiger partial charge in [0.15, 0.2) is 0 Å². The van der Waals surface area contributed by atoms with Gasteiger partial charge in [-0.15, -0.1) is 0 Å². The molecule has 1 aromatic rings. The summed E-state index contributed by atoms with van der Waals surface area (Å²) in [5.74, 6) is -0.361. The van der Waals surface area contributed by atoms with Crippen molar-refractivity contribution in [1.82, 2.24) is 10.6 Å². The lowest BCUT2D eigenvalue weighted by atomic mass is 10.0. The second-order valence-corrected chi connectivity index (χ2v) is 3.88. The highest BCUT2D eigenvalue weighted by Crippen LogP contribution is 2.08. The Morgan fingerprint density at radius 1 is 1.11 bits per heavy atom. The van der Waals surface area contributed by atoms with Crippen molar-refractivity contribution in [2.45, 2.75) is 19.9 Å². The maximum Gasteiger partial charge on any atom is 0.239 e. The van der Waals surface area contributed by atoms with Crippen LogP contribution in [-0.4, -0.2) is 24.9 Å². The molecule has 0 heterocycles. The Balaban J connectivity index is 2.47. The quantitative estimate of drug-likeness (QED) is 0.660. The van der Waals surface area contributed by atoms with E-state index in [-0.39, 0.29) is 24.8 Å². The van der Waals surface area contributed by atoms with Crippen molar-refractivity contribution in [3.8, 4) is 0 Å². The number of likely N-dealkylation sites (N-methyl/N-ethyl adjacent to an activating group) is 1. The van der Waals surface area contributed by atoms with E-state index < -0.39 is 0 Å². The van der Waals surface area contributed by atoms with E-state index >= 15 is 0 Å². The van der Waals surface area contributed by atoms with E-state index in [1.54, 1.807) is 0 Å². The predicted octanol–water partition coefficient (Wildman–Crippen LogP) is -0.0599. The first-order valence-electron chi connectivity index (χ1n) is 5.97. The number of carbonyl (C=O) groups is 2. The number of rotatable bonds is 6. The molecule has 0 saturated heterocycles. The van der Waals surface area contributed by atoms with Gasteiger partial charge >= 0.3 is 0 Å². The van der Waals surface area contributed by atoms with E-state index in [2.05, 4.69) is 10.6 Å². The monoisotopic (exact) mass is 249 g/mol. The molecule has 5 heteroatoms. The number of hydrogen-bond acceptors (Lipinski definition) is 3. The summed E-state index contributed by atoms with van der Waals surface area (Å²) in [5.41, 5.74) is 7.44. The molecule has 98 valence electrons. The molecule has 0 unspecified atom stereocenters. The minimum Gasteiger partial charge on any atom is -0.355 e. The smallest absolute Gasteiger partial charge is 0.239 e. The van der Waals surface area contributed by atoms with Gasteiger partial charge in [-0.3, -0.25) is 9.59 Å². The minimum absolute atomic E-state index is 0.0114. The van der Waals surface area contributed by atoms with E-state index in [1.807, 2.05) is 31.2 Å². The number of nitrogens with two attached hydrogens (primary N) is 1. The van der Waals surface area contributed by atoms with Crippen molar-refractivity contribution in [3.05, 3.63) is 35.4 Å². The van der Waals surface area contributed by atoms with Crippen LogP contribution in [0.5, 0.6) is 0 Å². The van der Waals surface area contributed by atoms with Crippen LogP contribution < -0.4 is 16.4 Å². The molecule has 0 spiro atoms. The highest BCUT2D eigenvalue weighted by molar-refractivity contribution is 5.85. The van der Waals surface area contributed by atoms with Crippen molar-refractivity contribution in [2.75, 3.05) is 13.1 Å². The van der Waals surface area contributed by atoms with E-state index in [0.717, 1.165) is 11.1 Å². The molecule has 1 aromatic carbocycles. The summed E-state index contributed by atoms with van der Waals surface area (Å²) in [6.45, 7) is 2.80. The molecule has 4 N–H and O–H groups in total. The minimum atomic E-state index is -0.182. The van der Waals surface area contributed by atoms with Gasteiger partial charge in [0.1, 0.15) is 0 Å². The van der Waals surface area contributed by atoms with Crippen molar-refractivity contribution < 1.29 is 9.59 Å². The lowest BCUT2D eigenvalue weighted by Crippen LogP contribution is -2.37. The number of benzene rings is 1. The molecule has 0 aliphatic heterocycles. The largest absolute Gasteiger partial charge is 0.355 e. The van der Waals surface area contributed by atoms with Crippen molar-refractivity contribution in [1.29, 1.82) is 0 Å². The molecule has 18 heavy (non-hydrogen) atoms. The van der Waals surface area contributed by atoms with E-state index in [4.69, 9.17) is 5.73 Å². The standard InChI is InChI=1S/C13H19N3O2/c1-2-15-13(18)9-16-12(17)7-10-5-3-4-6-11(10)8-14/h3-6H,2,7-9,14H2,1H3,(H,15,18)(H,16,17). The Bertz CT molecular complexity index is 418. The summed E-state index contributed by atoms with van der Waals surface area (Å²) in [6.07, 6.45) is 0.243. The Kier molecular flexibility index (Phi) is 5.87. The molecule has 5 nitrogen and oxygen atoms in total. The third-order valence-corrected chi connectivity index (χ3v) is 2.51. The number of nitrogens with one attached hydrogen (secondary N) is 2. The van der Waals surface area contributed by atoms with Crippen LogP contribution in [-0.2, 0) is 22.6 Å². The first kappa shape index (κ1) is 14.2. The van der Waals surface area contributed by atoms with Crippen molar-refractivity contribution in [2.24, 2.45) is 5.73 Å². The van der Waals surface area contributed by atoms with Gasteiger partial charge in [-0.1, -0.05) is 24.3 Å². The number of carbonyl (C=O) groups excluding carboxylic acids is 2. The Morgan fingerprint density at radius 3 is 2.39 bits per heavy atom. The zero-order valence-corrected chi connectivity index (χ0v) is 10.5. The summed E-state index contributed by atoms with van der Waals surface area (Å²) >= 11 is 0. The fourth-order valence-electron chi connectivity index (χ4n) is 1.60. The number of hydrogen-bond donors (Lipinski definition) is 3. The molecular weight excluding hydrogens is 230 g/mol. The molecule has 0 saturated carbocycles. The van der Waals surface area contributed by atoms with Gasteiger partial charge in [0.05, 0.1) is 13.0 Å². The van der Waals surface area contributed by atoms with Gasteiger partial charge in [0, 0.05) is 13.1 Å². The van der Waals surface area contributed by atoms with Crippen LogP contribution in [0.3, 0.4) is 0 Å². The highest BCUT2D eigenvalue weighted by atomic mass is 16.2. The Hall–Kier alpha value is -1.88. The fourth-order valence-corrected chi connectivity index (χ4v) is 1.60. The zero-order valence-electron chi connectivity index (χ0n) is 10.5. The van der Waals surface area contributed by atoms with Crippen LogP contribution in [0.15, 0.2) is 24.3 Å². The summed E-state index contributed by atoms with van der Waals surface area (Å²) in [7, 11) is 0. The van der Waals surface area contributed by atoms with Gasteiger partial charge in [-0.25, -0.2) is 0 Å². The first-order valence-corrected chi connectivity index (χ1v) is 5.97. The van der Waals surface area contributed by atoms with E-state index in [9.17, 15) is 9.59 Å². The van der Waals surface area contributed by atoms with Gasteiger partial charge in [0.25, 0.3) is 0 Å². The van der Waals surface area contributed by atoms with Crippen LogP contribution in [0, 0.1) is 0 Å².